The van der Waals surface area contributed by atoms with E-state index in [1.807, 2.05) is 13.8 Å². The minimum Gasteiger partial charge on any atom is -0.468 e. The van der Waals surface area contributed by atoms with Crippen molar-refractivity contribution in [3.05, 3.63) is 0 Å². The highest BCUT2D eigenvalue weighted by atomic mass is 16.5. The molecule has 2 saturated carbocycles. The minimum atomic E-state index is -0.551. The lowest BCUT2D eigenvalue weighted by atomic mass is 9.82. The van der Waals surface area contributed by atoms with Crippen molar-refractivity contribution in [3.63, 3.8) is 0 Å². The number of methoxy groups -OCH3 is 1. The summed E-state index contributed by atoms with van der Waals surface area (Å²) in [6, 6.07) is 0.489. The summed E-state index contributed by atoms with van der Waals surface area (Å²) >= 11 is 0. The molecule has 0 aromatic carbocycles. The van der Waals surface area contributed by atoms with Gasteiger partial charge in [0.15, 0.2) is 0 Å². The van der Waals surface area contributed by atoms with Gasteiger partial charge in [-0.05, 0) is 51.4 Å². The lowest BCUT2D eigenvalue weighted by molar-refractivity contribution is -0.147. The lowest BCUT2D eigenvalue weighted by Gasteiger charge is -2.35. The van der Waals surface area contributed by atoms with Crippen LogP contribution in [0.3, 0.4) is 0 Å². The lowest BCUT2D eigenvalue weighted by Crippen LogP contribution is -2.53. The Labute approximate surface area is 104 Å². The molecular formula is C14H25NO2. The van der Waals surface area contributed by atoms with E-state index < -0.39 is 5.54 Å². The van der Waals surface area contributed by atoms with Gasteiger partial charge in [0.1, 0.15) is 5.54 Å². The molecule has 0 radical (unpaired) electrons. The fraction of sp³-hybridized carbons (Fsp3) is 0.929. The Morgan fingerprint density at radius 3 is 2.47 bits per heavy atom. The molecule has 0 saturated heterocycles. The smallest absolute Gasteiger partial charge is 0.325 e. The highest BCUT2D eigenvalue weighted by Crippen LogP contribution is 2.44. The first-order valence-electron chi connectivity index (χ1n) is 6.89. The van der Waals surface area contributed by atoms with Gasteiger partial charge in [0.05, 0.1) is 7.11 Å². The van der Waals surface area contributed by atoms with Crippen LogP contribution in [0.25, 0.3) is 0 Å². The van der Waals surface area contributed by atoms with E-state index in [0.29, 0.717) is 6.04 Å². The van der Waals surface area contributed by atoms with Gasteiger partial charge in [0.2, 0.25) is 0 Å². The number of hydrogen-bond donors (Lipinski definition) is 1. The molecule has 2 fully saturated rings. The predicted molar refractivity (Wildman–Crippen MR) is 67.7 cm³/mol. The van der Waals surface area contributed by atoms with Crippen molar-refractivity contribution in [2.75, 3.05) is 7.11 Å². The van der Waals surface area contributed by atoms with Crippen molar-refractivity contribution >= 4 is 5.97 Å². The molecule has 2 unspecified atom stereocenters. The van der Waals surface area contributed by atoms with Crippen molar-refractivity contribution in [2.45, 2.75) is 64.0 Å². The third kappa shape index (κ3) is 3.21. The zero-order chi connectivity index (χ0) is 12.5. The van der Waals surface area contributed by atoms with Crippen molar-refractivity contribution < 1.29 is 9.53 Å². The number of carbonyl (C=O) groups excluding carboxylic acids is 1. The van der Waals surface area contributed by atoms with Gasteiger partial charge in [0.25, 0.3) is 0 Å². The van der Waals surface area contributed by atoms with E-state index in [-0.39, 0.29) is 5.97 Å². The zero-order valence-corrected chi connectivity index (χ0v) is 11.3. The third-order valence-corrected chi connectivity index (χ3v) is 4.26. The Morgan fingerprint density at radius 2 is 1.88 bits per heavy atom. The largest absolute Gasteiger partial charge is 0.468 e. The summed E-state index contributed by atoms with van der Waals surface area (Å²) in [7, 11) is 1.46. The molecule has 1 N–H and O–H groups in total. The van der Waals surface area contributed by atoms with Crippen LogP contribution < -0.4 is 5.32 Å². The topological polar surface area (TPSA) is 38.3 Å². The highest BCUT2D eigenvalue weighted by Gasteiger charge is 2.37. The summed E-state index contributed by atoms with van der Waals surface area (Å²) in [6.45, 7) is 3.83. The Kier molecular flexibility index (Phi) is 3.76. The van der Waals surface area contributed by atoms with E-state index >= 15 is 0 Å². The standard InChI is InChI=1S/C14H25NO2/c1-14(2,13(16)17-3)15-12-6-4-5-11(9-12)10-7-8-10/h10-12,15H,4-9H2,1-3H3. The molecule has 2 atom stereocenters. The summed E-state index contributed by atoms with van der Waals surface area (Å²) in [5.41, 5.74) is -0.551. The molecule has 0 aromatic heterocycles. The van der Waals surface area contributed by atoms with Gasteiger partial charge in [-0.2, -0.15) is 0 Å². The maximum absolute atomic E-state index is 11.7. The van der Waals surface area contributed by atoms with Crippen LogP contribution in [-0.4, -0.2) is 24.7 Å². The average molecular weight is 239 g/mol. The molecule has 0 aromatic rings. The van der Waals surface area contributed by atoms with E-state index in [9.17, 15) is 4.79 Å². The van der Waals surface area contributed by atoms with Crippen molar-refractivity contribution in [1.29, 1.82) is 0 Å². The fourth-order valence-corrected chi connectivity index (χ4v) is 3.18. The van der Waals surface area contributed by atoms with Crippen LogP contribution in [-0.2, 0) is 9.53 Å². The molecule has 17 heavy (non-hydrogen) atoms. The number of nitrogens with one attached hydrogen (secondary N) is 1. The van der Waals surface area contributed by atoms with E-state index in [4.69, 9.17) is 4.74 Å². The molecule has 0 amide bonds. The van der Waals surface area contributed by atoms with Crippen LogP contribution in [0.1, 0.15) is 52.4 Å². The van der Waals surface area contributed by atoms with Gasteiger partial charge in [-0.1, -0.05) is 12.8 Å². The molecule has 0 aliphatic heterocycles. The van der Waals surface area contributed by atoms with Crippen LogP contribution in [0.2, 0.25) is 0 Å². The summed E-state index contributed by atoms with van der Waals surface area (Å²) in [6.07, 6.45) is 7.99. The predicted octanol–water partition coefficient (Wildman–Crippen LogP) is 2.50. The molecule has 98 valence electrons. The first-order chi connectivity index (χ1) is 8.03. The van der Waals surface area contributed by atoms with Crippen LogP contribution >= 0.6 is 0 Å². The highest BCUT2D eigenvalue weighted by molar-refractivity contribution is 5.79. The van der Waals surface area contributed by atoms with Gasteiger partial charge in [0, 0.05) is 6.04 Å². The van der Waals surface area contributed by atoms with Crippen molar-refractivity contribution in [2.24, 2.45) is 11.8 Å². The molecule has 2 aliphatic rings. The van der Waals surface area contributed by atoms with Crippen LogP contribution in [0.15, 0.2) is 0 Å². The Balaban J connectivity index is 1.87. The van der Waals surface area contributed by atoms with Gasteiger partial charge < -0.3 is 4.74 Å². The van der Waals surface area contributed by atoms with Crippen LogP contribution in [0.5, 0.6) is 0 Å². The number of hydrogen-bond acceptors (Lipinski definition) is 3. The molecule has 2 aliphatic carbocycles. The second-order valence-corrected chi connectivity index (χ2v) is 6.22. The Bertz CT molecular complexity index is 284. The van der Waals surface area contributed by atoms with Crippen molar-refractivity contribution in [3.8, 4) is 0 Å². The SMILES string of the molecule is COC(=O)C(C)(C)NC1CCCC(C2CC2)C1. The molecule has 3 heteroatoms. The van der Waals surface area contributed by atoms with Crippen LogP contribution in [0, 0.1) is 11.8 Å². The summed E-state index contributed by atoms with van der Waals surface area (Å²) in [5.74, 6) is 1.72. The number of esters is 1. The number of rotatable bonds is 4. The van der Waals surface area contributed by atoms with E-state index in [1.54, 1.807) is 0 Å². The molecular weight excluding hydrogens is 214 g/mol. The zero-order valence-electron chi connectivity index (χ0n) is 11.3. The number of carbonyl (C=O) groups is 1. The molecule has 3 nitrogen and oxygen atoms in total. The Morgan fingerprint density at radius 1 is 1.18 bits per heavy atom. The molecule has 0 spiro atoms. The summed E-state index contributed by atoms with van der Waals surface area (Å²) < 4.78 is 4.84. The fourth-order valence-electron chi connectivity index (χ4n) is 3.18. The summed E-state index contributed by atoms with van der Waals surface area (Å²) in [4.78, 5) is 11.7. The molecule has 2 rings (SSSR count). The monoisotopic (exact) mass is 239 g/mol. The number of ether oxygens (including phenoxy) is 1. The third-order valence-electron chi connectivity index (χ3n) is 4.26. The van der Waals surface area contributed by atoms with Gasteiger partial charge in [-0.3, -0.25) is 10.1 Å². The van der Waals surface area contributed by atoms with Crippen LogP contribution in [0.4, 0.5) is 0 Å². The van der Waals surface area contributed by atoms with Gasteiger partial charge >= 0.3 is 5.97 Å². The van der Waals surface area contributed by atoms with E-state index in [0.717, 1.165) is 11.8 Å². The normalized spacial score (nSPS) is 30.1. The first-order valence-corrected chi connectivity index (χ1v) is 6.89. The summed E-state index contributed by atoms with van der Waals surface area (Å²) in [5, 5.41) is 3.48. The average Bonchev–Trinajstić information content (AvgIpc) is 3.11. The first kappa shape index (κ1) is 12.9. The Hall–Kier alpha value is -0.570. The van der Waals surface area contributed by atoms with Crippen molar-refractivity contribution in [1.82, 2.24) is 5.32 Å². The maximum Gasteiger partial charge on any atom is 0.325 e. The van der Waals surface area contributed by atoms with Gasteiger partial charge in [-0.25, -0.2) is 0 Å². The maximum atomic E-state index is 11.7. The molecule has 0 bridgehead atoms. The second-order valence-electron chi connectivity index (χ2n) is 6.22. The minimum absolute atomic E-state index is 0.161. The van der Waals surface area contributed by atoms with Gasteiger partial charge in [-0.15, -0.1) is 0 Å². The quantitative estimate of drug-likeness (QED) is 0.766. The van der Waals surface area contributed by atoms with E-state index in [2.05, 4.69) is 5.32 Å². The second kappa shape index (κ2) is 4.97. The molecule has 0 heterocycles. The van der Waals surface area contributed by atoms with E-state index in [1.165, 1.54) is 45.6 Å².